The summed E-state index contributed by atoms with van der Waals surface area (Å²) in [5.41, 5.74) is 0.520. The van der Waals surface area contributed by atoms with Gasteiger partial charge in [-0.1, -0.05) is 0 Å². The van der Waals surface area contributed by atoms with Crippen molar-refractivity contribution in [2.75, 3.05) is 5.32 Å². The third-order valence-corrected chi connectivity index (χ3v) is 2.43. The molecule has 0 atom stereocenters. The molecule has 1 amide bonds. The highest BCUT2D eigenvalue weighted by Gasteiger charge is 2.15. The van der Waals surface area contributed by atoms with E-state index < -0.39 is 11.9 Å². The summed E-state index contributed by atoms with van der Waals surface area (Å²) < 4.78 is 6.59. The molecule has 0 saturated carbocycles. The number of aromatic carboxylic acids is 1. The highest BCUT2D eigenvalue weighted by molar-refractivity contribution is 6.02. The van der Waals surface area contributed by atoms with Crippen molar-refractivity contribution in [3.63, 3.8) is 0 Å². The van der Waals surface area contributed by atoms with Crippen LogP contribution in [0, 0.1) is 0 Å². The quantitative estimate of drug-likeness (QED) is 0.879. The number of carbonyl (C=O) groups excluding carboxylic acids is 1. The molecule has 0 unspecified atom stereocenters. The lowest BCUT2D eigenvalue weighted by molar-refractivity contribution is 0.0660. The molecule has 0 radical (unpaired) electrons. The van der Waals surface area contributed by atoms with E-state index in [0.717, 1.165) is 0 Å². The normalized spacial score (nSPS) is 10.7. The number of hydrogen-bond donors (Lipinski definition) is 2. The lowest BCUT2D eigenvalue weighted by Crippen LogP contribution is -2.10. The molecule has 0 spiro atoms. The zero-order valence-corrected chi connectivity index (χ0v) is 10.5. The molecule has 0 fully saturated rings. The van der Waals surface area contributed by atoms with Crippen LogP contribution in [0.25, 0.3) is 0 Å². The SMILES string of the molecule is CC(C)n1cc(NC(=O)c2ccc(C(=O)O)o2)cn1. The van der Waals surface area contributed by atoms with E-state index in [1.807, 2.05) is 13.8 Å². The molecule has 7 heteroatoms. The van der Waals surface area contributed by atoms with Crippen molar-refractivity contribution in [3.05, 3.63) is 36.0 Å². The second-order valence-electron chi connectivity index (χ2n) is 4.23. The van der Waals surface area contributed by atoms with E-state index in [2.05, 4.69) is 10.4 Å². The monoisotopic (exact) mass is 263 g/mol. The van der Waals surface area contributed by atoms with Crippen LogP contribution in [0.5, 0.6) is 0 Å². The molecular formula is C12H13N3O4. The second kappa shape index (κ2) is 4.97. The van der Waals surface area contributed by atoms with Crippen molar-refractivity contribution < 1.29 is 19.1 Å². The zero-order valence-electron chi connectivity index (χ0n) is 10.5. The van der Waals surface area contributed by atoms with E-state index >= 15 is 0 Å². The Kier molecular flexibility index (Phi) is 3.37. The lowest BCUT2D eigenvalue weighted by Gasteiger charge is -2.03. The van der Waals surface area contributed by atoms with Gasteiger partial charge >= 0.3 is 5.97 Å². The first-order valence-electron chi connectivity index (χ1n) is 5.66. The van der Waals surface area contributed by atoms with Crippen molar-refractivity contribution >= 4 is 17.6 Å². The van der Waals surface area contributed by atoms with Crippen LogP contribution < -0.4 is 5.32 Å². The molecule has 0 aliphatic carbocycles. The Labute approximate surface area is 108 Å². The maximum absolute atomic E-state index is 11.8. The molecule has 100 valence electrons. The zero-order chi connectivity index (χ0) is 14.0. The minimum absolute atomic E-state index is 0.0605. The number of rotatable bonds is 4. The largest absolute Gasteiger partial charge is 0.475 e. The fraction of sp³-hybridized carbons (Fsp3) is 0.250. The third-order valence-electron chi connectivity index (χ3n) is 2.43. The van der Waals surface area contributed by atoms with Gasteiger partial charge in [0.15, 0.2) is 5.76 Å². The average Bonchev–Trinajstić information content (AvgIpc) is 2.96. The number of amides is 1. The highest BCUT2D eigenvalue weighted by Crippen LogP contribution is 2.13. The molecule has 0 aromatic carbocycles. The van der Waals surface area contributed by atoms with Gasteiger partial charge in [-0.25, -0.2) is 4.79 Å². The van der Waals surface area contributed by atoms with Crippen LogP contribution >= 0.6 is 0 Å². The number of aromatic nitrogens is 2. The molecule has 0 aliphatic heterocycles. The van der Waals surface area contributed by atoms with E-state index in [9.17, 15) is 9.59 Å². The number of nitrogens with zero attached hydrogens (tertiary/aromatic N) is 2. The maximum atomic E-state index is 11.8. The smallest absolute Gasteiger partial charge is 0.371 e. The van der Waals surface area contributed by atoms with Gasteiger partial charge in [0, 0.05) is 12.2 Å². The molecule has 0 saturated heterocycles. The van der Waals surface area contributed by atoms with Crippen LogP contribution in [0.4, 0.5) is 5.69 Å². The summed E-state index contributed by atoms with van der Waals surface area (Å²) in [4.78, 5) is 22.4. The van der Waals surface area contributed by atoms with Crippen molar-refractivity contribution in [1.29, 1.82) is 0 Å². The summed E-state index contributed by atoms with van der Waals surface area (Å²) in [6.45, 7) is 3.93. The molecule has 2 heterocycles. The Hall–Kier alpha value is -2.57. The Morgan fingerprint density at radius 3 is 2.58 bits per heavy atom. The van der Waals surface area contributed by atoms with E-state index in [1.165, 1.54) is 18.3 Å². The molecule has 0 bridgehead atoms. The predicted molar refractivity (Wildman–Crippen MR) is 66.2 cm³/mol. The van der Waals surface area contributed by atoms with Crippen molar-refractivity contribution in [2.24, 2.45) is 0 Å². The van der Waals surface area contributed by atoms with E-state index in [1.54, 1.807) is 10.9 Å². The summed E-state index contributed by atoms with van der Waals surface area (Å²) >= 11 is 0. The maximum Gasteiger partial charge on any atom is 0.371 e. The van der Waals surface area contributed by atoms with Crippen molar-refractivity contribution in [1.82, 2.24) is 9.78 Å². The number of carbonyl (C=O) groups is 2. The standard InChI is InChI=1S/C12H13N3O4/c1-7(2)15-6-8(5-13-15)14-11(16)9-3-4-10(19-9)12(17)18/h3-7H,1-2H3,(H,14,16)(H,17,18). The molecule has 0 aliphatic rings. The minimum Gasteiger partial charge on any atom is -0.475 e. The number of anilines is 1. The van der Waals surface area contributed by atoms with Gasteiger partial charge in [-0.05, 0) is 26.0 Å². The van der Waals surface area contributed by atoms with E-state index in [0.29, 0.717) is 5.69 Å². The fourth-order valence-electron chi connectivity index (χ4n) is 1.45. The van der Waals surface area contributed by atoms with Gasteiger partial charge in [-0.15, -0.1) is 0 Å². The number of hydrogen-bond acceptors (Lipinski definition) is 4. The molecule has 2 rings (SSSR count). The topological polar surface area (TPSA) is 97.4 Å². The van der Waals surface area contributed by atoms with Crippen LogP contribution in [0.3, 0.4) is 0 Å². The Balaban J connectivity index is 2.09. The van der Waals surface area contributed by atoms with Gasteiger partial charge in [-0.3, -0.25) is 9.48 Å². The van der Waals surface area contributed by atoms with Crippen molar-refractivity contribution in [3.8, 4) is 0 Å². The van der Waals surface area contributed by atoms with E-state index in [-0.39, 0.29) is 17.6 Å². The average molecular weight is 263 g/mol. The van der Waals surface area contributed by atoms with Crippen LogP contribution in [0.1, 0.15) is 41.0 Å². The molecule has 7 nitrogen and oxygen atoms in total. The number of carboxylic acids is 1. The highest BCUT2D eigenvalue weighted by atomic mass is 16.4. The summed E-state index contributed by atoms with van der Waals surface area (Å²) in [5.74, 6) is -2.07. The van der Waals surface area contributed by atoms with Gasteiger partial charge in [0.05, 0.1) is 11.9 Å². The molecule has 2 N–H and O–H groups in total. The third kappa shape index (κ3) is 2.82. The summed E-state index contributed by atoms with van der Waals surface area (Å²) in [7, 11) is 0. The summed E-state index contributed by atoms with van der Waals surface area (Å²) in [6.07, 6.45) is 3.20. The predicted octanol–water partition coefficient (Wildman–Crippen LogP) is 2.01. The minimum atomic E-state index is -1.22. The van der Waals surface area contributed by atoms with E-state index in [4.69, 9.17) is 9.52 Å². The molecule has 19 heavy (non-hydrogen) atoms. The number of carboxylic acid groups (broad SMARTS) is 1. The first-order valence-corrected chi connectivity index (χ1v) is 5.66. The van der Waals surface area contributed by atoms with Crippen LogP contribution in [0.15, 0.2) is 28.9 Å². The Bertz CT molecular complexity index is 612. The lowest BCUT2D eigenvalue weighted by atomic mass is 10.4. The van der Waals surface area contributed by atoms with Crippen molar-refractivity contribution in [2.45, 2.75) is 19.9 Å². The molecular weight excluding hydrogens is 250 g/mol. The fourth-order valence-corrected chi connectivity index (χ4v) is 1.45. The van der Waals surface area contributed by atoms with Crippen LogP contribution in [-0.4, -0.2) is 26.8 Å². The Morgan fingerprint density at radius 1 is 1.37 bits per heavy atom. The first kappa shape index (κ1) is 12.9. The summed E-state index contributed by atoms with van der Waals surface area (Å²) in [5, 5.41) is 15.3. The second-order valence-corrected chi connectivity index (χ2v) is 4.23. The molecule has 2 aromatic rings. The van der Waals surface area contributed by atoms with Gasteiger partial charge in [-0.2, -0.15) is 5.10 Å². The molecule has 2 aromatic heterocycles. The number of furan rings is 1. The van der Waals surface area contributed by atoms with Gasteiger partial charge in [0.25, 0.3) is 5.91 Å². The van der Waals surface area contributed by atoms with Gasteiger partial charge in [0.1, 0.15) is 0 Å². The Morgan fingerprint density at radius 2 is 2.05 bits per heavy atom. The van der Waals surface area contributed by atoms with Gasteiger partial charge in [0.2, 0.25) is 5.76 Å². The first-order chi connectivity index (χ1) is 8.97. The van der Waals surface area contributed by atoms with Crippen LogP contribution in [-0.2, 0) is 0 Å². The summed E-state index contributed by atoms with van der Waals surface area (Å²) in [6, 6.07) is 2.73. The van der Waals surface area contributed by atoms with Gasteiger partial charge < -0.3 is 14.8 Å². The van der Waals surface area contributed by atoms with Crippen LogP contribution in [0.2, 0.25) is 0 Å². The number of nitrogens with one attached hydrogen (secondary N) is 1.